The van der Waals surface area contributed by atoms with Gasteiger partial charge in [0.2, 0.25) is 5.76 Å². The first-order valence-electron chi connectivity index (χ1n) is 7.51. The smallest absolute Gasteiger partial charge is 0.371 e. The summed E-state index contributed by atoms with van der Waals surface area (Å²) in [5, 5.41) is 9.75. The number of hydrogen-bond donors (Lipinski definition) is 1. The number of fused-ring (bicyclic) bond motifs is 1. The summed E-state index contributed by atoms with van der Waals surface area (Å²) in [5.74, 6) is -0.445. The fourth-order valence-electron chi connectivity index (χ4n) is 3.02. The lowest BCUT2D eigenvalue weighted by Gasteiger charge is -2.28. The molecular formula is C17H20O4. The Labute approximate surface area is 123 Å². The molecule has 1 aliphatic rings. The van der Waals surface area contributed by atoms with Crippen molar-refractivity contribution in [2.24, 2.45) is 5.92 Å². The predicted octanol–water partition coefficient (Wildman–Crippen LogP) is 4.23. The van der Waals surface area contributed by atoms with Gasteiger partial charge < -0.3 is 14.3 Å². The molecule has 1 heterocycles. The lowest BCUT2D eigenvalue weighted by atomic mass is 9.88. The molecule has 0 aliphatic heterocycles. The van der Waals surface area contributed by atoms with Crippen LogP contribution in [0.4, 0.5) is 0 Å². The molecule has 21 heavy (non-hydrogen) atoms. The Kier molecular flexibility index (Phi) is 3.97. The molecule has 1 saturated carbocycles. The van der Waals surface area contributed by atoms with E-state index in [1.165, 1.54) is 19.3 Å². The highest BCUT2D eigenvalue weighted by Crippen LogP contribution is 2.27. The number of carboxylic acid groups (broad SMARTS) is 1. The molecule has 2 atom stereocenters. The van der Waals surface area contributed by atoms with Gasteiger partial charge in [0.25, 0.3) is 0 Å². The number of carbonyl (C=O) groups is 1. The first kappa shape index (κ1) is 14.1. The minimum atomic E-state index is -1.04. The fourth-order valence-corrected chi connectivity index (χ4v) is 3.02. The van der Waals surface area contributed by atoms with Gasteiger partial charge in [0.1, 0.15) is 5.58 Å². The summed E-state index contributed by atoms with van der Waals surface area (Å²) >= 11 is 0. The Bertz CT molecular complexity index is 643. The second-order valence-electron chi connectivity index (χ2n) is 5.90. The van der Waals surface area contributed by atoms with Crippen LogP contribution in [-0.4, -0.2) is 17.2 Å². The van der Waals surface area contributed by atoms with Gasteiger partial charge in [0.15, 0.2) is 0 Å². The molecule has 1 aliphatic carbocycles. The molecule has 0 saturated heterocycles. The van der Waals surface area contributed by atoms with E-state index in [4.69, 9.17) is 14.3 Å². The second-order valence-corrected chi connectivity index (χ2v) is 5.90. The van der Waals surface area contributed by atoms with Gasteiger partial charge in [-0.2, -0.15) is 0 Å². The molecule has 0 spiro atoms. The molecule has 3 rings (SSSR count). The molecule has 1 fully saturated rings. The third-order valence-electron chi connectivity index (χ3n) is 4.29. The van der Waals surface area contributed by atoms with Gasteiger partial charge in [-0.25, -0.2) is 4.79 Å². The summed E-state index contributed by atoms with van der Waals surface area (Å²) in [7, 11) is 0. The second kappa shape index (κ2) is 5.90. The van der Waals surface area contributed by atoms with E-state index in [-0.39, 0.29) is 5.76 Å². The van der Waals surface area contributed by atoms with Crippen molar-refractivity contribution in [2.75, 3.05) is 0 Å². The van der Waals surface area contributed by atoms with E-state index >= 15 is 0 Å². The molecule has 1 aromatic heterocycles. The van der Waals surface area contributed by atoms with Gasteiger partial charge in [-0.15, -0.1) is 0 Å². The minimum Gasteiger partial charge on any atom is -0.475 e. The van der Waals surface area contributed by atoms with Crippen LogP contribution in [0, 0.1) is 5.92 Å². The average Bonchev–Trinajstić information content (AvgIpc) is 2.90. The zero-order chi connectivity index (χ0) is 14.8. The highest BCUT2D eigenvalue weighted by molar-refractivity contribution is 5.91. The Morgan fingerprint density at radius 2 is 2.14 bits per heavy atom. The Hall–Kier alpha value is -1.81. The van der Waals surface area contributed by atoms with E-state index in [0.717, 1.165) is 17.4 Å². The number of aromatic carboxylic acids is 1. The highest BCUT2D eigenvalue weighted by atomic mass is 16.5. The normalized spacial score (nSPS) is 22.5. The van der Waals surface area contributed by atoms with Crippen LogP contribution in [0.25, 0.3) is 11.0 Å². The number of furan rings is 1. The van der Waals surface area contributed by atoms with Crippen molar-refractivity contribution in [1.82, 2.24) is 0 Å². The van der Waals surface area contributed by atoms with Crippen molar-refractivity contribution in [3.63, 3.8) is 0 Å². The topological polar surface area (TPSA) is 59.7 Å². The van der Waals surface area contributed by atoms with Crippen LogP contribution < -0.4 is 0 Å². The van der Waals surface area contributed by atoms with Gasteiger partial charge in [0.05, 0.1) is 12.7 Å². The van der Waals surface area contributed by atoms with Crippen molar-refractivity contribution in [3.8, 4) is 0 Å². The molecule has 4 heteroatoms. The van der Waals surface area contributed by atoms with Gasteiger partial charge in [-0.3, -0.25) is 0 Å². The van der Waals surface area contributed by atoms with Crippen molar-refractivity contribution in [1.29, 1.82) is 0 Å². The fraction of sp³-hybridized carbons (Fsp3) is 0.471. The number of hydrogen-bond acceptors (Lipinski definition) is 3. The summed E-state index contributed by atoms with van der Waals surface area (Å²) < 4.78 is 11.3. The van der Waals surface area contributed by atoms with Crippen molar-refractivity contribution < 1.29 is 19.1 Å². The van der Waals surface area contributed by atoms with E-state index < -0.39 is 5.97 Å². The average molecular weight is 288 g/mol. The zero-order valence-electron chi connectivity index (χ0n) is 12.2. The summed E-state index contributed by atoms with van der Waals surface area (Å²) in [6.45, 7) is 2.82. The standard InChI is InChI=1S/C17H20O4/c1-11-4-2-3-5-14(11)20-10-12-6-7-15-13(8-12)9-16(21-15)17(18)19/h6-9,11,14H,2-5,10H2,1H3,(H,18,19). The monoisotopic (exact) mass is 288 g/mol. The number of ether oxygens (including phenoxy) is 1. The number of benzene rings is 1. The van der Waals surface area contributed by atoms with Crippen LogP contribution in [0.2, 0.25) is 0 Å². The van der Waals surface area contributed by atoms with Crippen LogP contribution in [0.3, 0.4) is 0 Å². The Morgan fingerprint density at radius 3 is 2.90 bits per heavy atom. The predicted molar refractivity (Wildman–Crippen MR) is 79.4 cm³/mol. The lowest BCUT2D eigenvalue weighted by Crippen LogP contribution is -2.25. The van der Waals surface area contributed by atoms with Crippen molar-refractivity contribution in [2.45, 2.75) is 45.3 Å². The van der Waals surface area contributed by atoms with E-state index in [1.807, 2.05) is 18.2 Å². The zero-order valence-corrected chi connectivity index (χ0v) is 12.2. The van der Waals surface area contributed by atoms with Crippen LogP contribution in [0.1, 0.15) is 48.7 Å². The van der Waals surface area contributed by atoms with Crippen LogP contribution in [-0.2, 0) is 11.3 Å². The van der Waals surface area contributed by atoms with Crippen LogP contribution in [0.15, 0.2) is 28.7 Å². The molecule has 2 unspecified atom stereocenters. The minimum absolute atomic E-state index is 0.0241. The molecular weight excluding hydrogens is 268 g/mol. The molecule has 4 nitrogen and oxygen atoms in total. The van der Waals surface area contributed by atoms with Gasteiger partial charge in [-0.1, -0.05) is 25.8 Å². The van der Waals surface area contributed by atoms with Crippen molar-refractivity contribution in [3.05, 3.63) is 35.6 Å². The Balaban J connectivity index is 1.70. The molecule has 1 N–H and O–H groups in total. The summed E-state index contributed by atoms with van der Waals surface area (Å²) in [6.07, 6.45) is 5.28. The highest BCUT2D eigenvalue weighted by Gasteiger charge is 2.21. The quantitative estimate of drug-likeness (QED) is 0.914. The first-order chi connectivity index (χ1) is 10.1. The van der Waals surface area contributed by atoms with Crippen molar-refractivity contribution >= 4 is 16.9 Å². The summed E-state index contributed by atoms with van der Waals surface area (Å²) in [6, 6.07) is 7.25. The third-order valence-corrected chi connectivity index (χ3v) is 4.29. The molecule has 2 aromatic rings. The maximum Gasteiger partial charge on any atom is 0.371 e. The lowest BCUT2D eigenvalue weighted by molar-refractivity contribution is -0.0154. The SMILES string of the molecule is CC1CCCCC1OCc1ccc2oc(C(=O)O)cc2c1. The molecule has 0 bridgehead atoms. The summed E-state index contributed by atoms with van der Waals surface area (Å²) in [4.78, 5) is 10.9. The number of carboxylic acids is 1. The largest absolute Gasteiger partial charge is 0.475 e. The van der Waals surface area contributed by atoms with E-state index in [0.29, 0.717) is 24.2 Å². The first-order valence-corrected chi connectivity index (χ1v) is 7.51. The van der Waals surface area contributed by atoms with Crippen LogP contribution in [0.5, 0.6) is 0 Å². The maximum absolute atomic E-state index is 10.9. The third kappa shape index (κ3) is 3.10. The van der Waals surface area contributed by atoms with E-state index in [2.05, 4.69) is 6.92 Å². The molecule has 0 amide bonds. The van der Waals surface area contributed by atoms with Gasteiger partial charge in [0, 0.05) is 5.39 Å². The molecule has 112 valence electrons. The van der Waals surface area contributed by atoms with Gasteiger partial charge >= 0.3 is 5.97 Å². The van der Waals surface area contributed by atoms with E-state index in [1.54, 1.807) is 6.07 Å². The van der Waals surface area contributed by atoms with Gasteiger partial charge in [-0.05, 0) is 42.5 Å². The Morgan fingerprint density at radius 1 is 1.33 bits per heavy atom. The molecule has 1 aromatic carbocycles. The summed E-state index contributed by atoms with van der Waals surface area (Å²) in [5.41, 5.74) is 1.65. The molecule has 0 radical (unpaired) electrons. The van der Waals surface area contributed by atoms with Crippen LogP contribution >= 0.6 is 0 Å². The van der Waals surface area contributed by atoms with E-state index in [9.17, 15) is 4.79 Å². The maximum atomic E-state index is 10.9. The number of rotatable bonds is 4.